The predicted molar refractivity (Wildman–Crippen MR) is 202 cm³/mol. The lowest BCUT2D eigenvalue weighted by atomic mass is 9.83. The van der Waals surface area contributed by atoms with Crippen LogP contribution in [0.15, 0.2) is 134 Å². The van der Waals surface area contributed by atoms with Crippen LogP contribution in [-0.2, 0) is 33.7 Å². The minimum Gasteiger partial charge on any atom is -0.392 e. The van der Waals surface area contributed by atoms with Crippen LogP contribution in [0.5, 0.6) is 0 Å². The van der Waals surface area contributed by atoms with Gasteiger partial charge in [-0.05, 0) is 66.9 Å². The number of Topliss-reactive ketones (excluding diaryl/α,β-unsaturated/α-hetero) is 1. The summed E-state index contributed by atoms with van der Waals surface area (Å²) in [5.74, 6) is -0.270. The Kier molecular flexibility index (Phi) is 12.6. The third-order valence-corrected chi connectivity index (χ3v) is 9.43. The van der Waals surface area contributed by atoms with Crippen LogP contribution in [0.1, 0.15) is 58.7 Å². The van der Waals surface area contributed by atoms with Gasteiger partial charge in [0, 0.05) is 48.6 Å². The van der Waals surface area contributed by atoms with Crippen LogP contribution in [0.2, 0.25) is 0 Å². The third-order valence-electron chi connectivity index (χ3n) is 9.43. The van der Waals surface area contributed by atoms with Gasteiger partial charge in [-0.3, -0.25) is 9.78 Å². The number of amides is 2. The summed E-state index contributed by atoms with van der Waals surface area (Å²) < 4.78 is 13.8. The zero-order chi connectivity index (χ0) is 36.3. The molecule has 6 rings (SSSR count). The molecule has 2 heterocycles. The number of aromatic nitrogens is 1. The molecule has 1 aliphatic rings. The number of nitrogens with zero attached hydrogens (tertiary/aromatic N) is 2. The fraction of sp³-hybridized carbons (Fsp3) is 0.279. The highest BCUT2D eigenvalue weighted by molar-refractivity contribution is 5.93. The van der Waals surface area contributed by atoms with Crippen LogP contribution in [0, 0.1) is 0 Å². The second kappa shape index (κ2) is 17.8. The molecular formula is C43H46N4O5. The Hall–Kier alpha value is -5.19. The molecular weight excluding hydrogens is 652 g/mol. The number of benzene rings is 4. The van der Waals surface area contributed by atoms with E-state index in [0.29, 0.717) is 18.7 Å². The van der Waals surface area contributed by atoms with Crippen molar-refractivity contribution < 1.29 is 24.2 Å². The van der Waals surface area contributed by atoms with Crippen molar-refractivity contribution in [2.45, 2.75) is 56.8 Å². The average Bonchev–Trinajstić information content (AvgIpc) is 3.18. The summed E-state index contributed by atoms with van der Waals surface area (Å²) in [5, 5.41) is 15.5. The third kappa shape index (κ3) is 9.77. The van der Waals surface area contributed by atoms with Gasteiger partial charge in [0.25, 0.3) is 0 Å². The first kappa shape index (κ1) is 36.6. The van der Waals surface area contributed by atoms with Gasteiger partial charge in [0.05, 0.1) is 24.9 Å². The normalized spacial score (nSPS) is 19.2. The van der Waals surface area contributed by atoms with Crippen LogP contribution in [0.25, 0.3) is 0 Å². The van der Waals surface area contributed by atoms with Crippen molar-refractivity contribution in [3.05, 3.63) is 167 Å². The zero-order valence-corrected chi connectivity index (χ0v) is 29.6. The largest absolute Gasteiger partial charge is 0.392 e. The number of hydrogen-bond donors (Lipinski definition) is 3. The summed E-state index contributed by atoms with van der Waals surface area (Å²) in [6.07, 6.45) is 1.62. The Balaban J connectivity index is 1.25. The van der Waals surface area contributed by atoms with E-state index in [1.54, 1.807) is 6.07 Å². The number of anilines is 1. The van der Waals surface area contributed by atoms with Gasteiger partial charge >= 0.3 is 6.03 Å². The summed E-state index contributed by atoms with van der Waals surface area (Å²) in [6.45, 7) is 2.86. The summed E-state index contributed by atoms with van der Waals surface area (Å²) in [4.78, 5) is 32.4. The fourth-order valence-electron chi connectivity index (χ4n) is 6.65. The van der Waals surface area contributed by atoms with Gasteiger partial charge in [0.15, 0.2) is 12.1 Å². The number of urea groups is 1. The van der Waals surface area contributed by atoms with Crippen LogP contribution >= 0.6 is 0 Å². The van der Waals surface area contributed by atoms with Gasteiger partial charge in [-0.25, -0.2) is 4.79 Å². The second-order valence-corrected chi connectivity index (χ2v) is 13.3. The first-order valence-corrected chi connectivity index (χ1v) is 17.7. The molecule has 9 nitrogen and oxygen atoms in total. The highest BCUT2D eigenvalue weighted by Crippen LogP contribution is 2.47. The smallest absolute Gasteiger partial charge is 0.319 e. The van der Waals surface area contributed by atoms with E-state index in [0.717, 1.165) is 46.5 Å². The molecule has 1 unspecified atom stereocenters. The molecule has 9 heteroatoms. The number of likely N-dealkylation sites (N-methyl/N-ethyl adjacent to an activating group) is 1. The molecule has 4 aromatic carbocycles. The summed E-state index contributed by atoms with van der Waals surface area (Å²) in [7, 11) is 2.10. The number of pyridine rings is 1. The van der Waals surface area contributed by atoms with Crippen molar-refractivity contribution in [3.63, 3.8) is 0 Å². The summed E-state index contributed by atoms with van der Waals surface area (Å²) in [6, 6.07) is 40.0. The number of carbonyl (C=O) groups is 2. The van der Waals surface area contributed by atoms with Crippen molar-refractivity contribution in [3.8, 4) is 0 Å². The lowest BCUT2D eigenvalue weighted by molar-refractivity contribution is -0.263. The van der Waals surface area contributed by atoms with E-state index >= 15 is 0 Å². The Morgan fingerprint density at radius 3 is 2.21 bits per heavy atom. The number of aliphatic hydroxyl groups is 1. The molecule has 0 saturated carbocycles. The predicted octanol–water partition coefficient (Wildman–Crippen LogP) is 7.01. The van der Waals surface area contributed by atoms with E-state index in [2.05, 4.69) is 39.7 Å². The summed E-state index contributed by atoms with van der Waals surface area (Å²) in [5.41, 5.74) is 6.18. The fourth-order valence-corrected chi connectivity index (χ4v) is 6.65. The van der Waals surface area contributed by atoms with Crippen LogP contribution in [0.3, 0.4) is 0 Å². The van der Waals surface area contributed by atoms with Gasteiger partial charge in [0.1, 0.15) is 0 Å². The topological polar surface area (TPSA) is 113 Å². The van der Waals surface area contributed by atoms with Gasteiger partial charge < -0.3 is 30.1 Å². The summed E-state index contributed by atoms with van der Waals surface area (Å²) >= 11 is 0. The highest BCUT2D eigenvalue weighted by atomic mass is 16.7. The molecule has 0 bridgehead atoms. The van der Waals surface area contributed by atoms with E-state index in [1.165, 1.54) is 6.92 Å². The molecule has 5 aromatic rings. The number of carbonyl (C=O) groups excluding carboxylic acids is 2. The zero-order valence-electron chi connectivity index (χ0n) is 29.6. The van der Waals surface area contributed by atoms with Crippen LogP contribution in [0.4, 0.5) is 10.5 Å². The molecule has 268 valence electrons. The first-order valence-electron chi connectivity index (χ1n) is 17.7. The van der Waals surface area contributed by atoms with E-state index in [4.69, 9.17) is 9.47 Å². The SMILES string of the molecule is CC(=O)[C@@H](Cc1ccccc1)NC(=O)Nc1cccc(C2O[C@H](CN(C)CCc3ccccn3)[C@@H](c3ccccc3)[C@H](c3ccc(CO)cc3)O2)c1. The van der Waals surface area contributed by atoms with E-state index < -0.39 is 18.4 Å². The van der Waals surface area contributed by atoms with Crippen molar-refractivity contribution in [2.75, 3.05) is 25.5 Å². The van der Waals surface area contributed by atoms with E-state index in [1.807, 2.05) is 115 Å². The maximum atomic E-state index is 13.2. The van der Waals surface area contributed by atoms with Gasteiger partial charge in [-0.2, -0.15) is 0 Å². The maximum absolute atomic E-state index is 13.2. The van der Waals surface area contributed by atoms with Crippen LogP contribution < -0.4 is 10.6 Å². The number of hydrogen-bond acceptors (Lipinski definition) is 7. The maximum Gasteiger partial charge on any atom is 0.319 e. The number of ether oxygens (including phenoxy) is 2. The minimum atomic E-state index is -0.746. The van der Waals surface area contributed by atoms with Crippen molar-refractivity contribution in [1.29, 1.82) is 0 Å². The van der Waals surface area contributed by atoms with Crippen LogP contribution in [-0.4, -0.2) is 59.1 Å². The van der Waals surface area contributed by atoms with Gasteiger partial charge in [-0.1, -0.05) is 103 Å². The minimum absolute atomic E-state index is 0.0455. The molecule has 52 heavy (non-hydrogen) atoms. The standard InChI is InChI=1S/C43H46N4O5/c1-30(49)38(26-31-12-5-3-6-13-31)46-43(50)45-37-18-11-16-35(27-37)42-51-39(28-47(2)25-23-36-17-9-10-24-44-36)40(33-14-7-4-8-15-33)41(52-42)34-21-19-32(29-48)20-22-34/h3-22,24,27,38-42,48H,23,25-26,28-29H2,1-2H3,(H2,45,46,50)/t38-,39-,40-,41+,42?/m1/s1. The molecule has 5 atom stereocenters. The Morgan fingerprint density at radius 1 is 0.808 bits per heavy atom. The lowest BCUT2D eigenvalue weighted by Gasteiger charge is -2.44. The second-order valence-electron chi connectivity index (χ2n) is 13.3. The lowest BCUT2D eigenvalue weighted by Crippen LogP contribution is -2.44. The first-order chi connectivity index (χ1) is 25.4. The number of rotatable bonds is 14. The van der Waals surface area contributed by atoms with E-state index in [9.17, 15) is 14.7 Å². The molecule has 1 aliphatic heterocycles. The number of aliphatic hydroxyl groups excluding tert-OH is 1. The highest BCUT2D eigenvalue weighted by Gasteiger charge is 2.42. The molecule has 0 radical (unpaired) electrons. The molecule has 1 fully saturated rings. The van der Waals surface area contributed by atoms with Gasteiger partial charge in [0.2, 0.25) is 0 Å². The molecule has 1 aromatic heterocycles. The van der Waals surface area contributed by atoms with Crippen molar-refractivity contribution >= 4 is 17.5 Å². The van der Waals surface area contributed by atoms with Crippen molar-refractivity contribution in [2.24, 2.45) is 0 Å². The molecule has 2 amide bonds. The molecule has 3 N–H and O–H groups in total. The average molecular weight is 699 g/mol. The number of nitrogens with one attached hydrogen (secondary N) is 2. The van der Waals surface area contributed by atoms with Crippen molar-refractivity contribution in [1.82, 2.24) is 15.2 Å². The quantitative estimate of drug-likeness (QED) is 0.114. The molecule has 1 saturated heterocycles. The monoisotopic (exact) mass is 698 g/mol. The Morgan fingerprint density at radius 2 is 1.52 bits per heavy atom. The Bertz CT molecular complexity index is 1870. The molecule has 0 spiro atoms. The van der Waals surface area contributed by atoms with Gasteiger partial charge in [-0.15, -0.1) is 0 Å². The van der Waals surface area contributed by atoms with E-state index in [-0.39, 0.29) is 30.5 Å². The number of ketones is 1. The Labute approximate surface area is 305 Å². The molecule has 0 aliphatic carbocycles.